The molecule has 1 N–H and O–H groups in total. The van der Waals surface area contributed by atoms with Crippen LogP contribution in [-0.2, 0) is 9.59 Å². The minimum atomic E-state index is -0.887. The van der Waals surface area contributed by atoms with Crippen LogP contribution >= 0.6 is 0 Å². The van der Waals surface area contributed by atoms with Crippen molar-refractivity contribution in [2.75, 3.05) is 32.1 Å². The van der Waals surface area contributed by atoms with Crippen LogP contribution in [0.1, 0.15) is 19.4 Å². The number of anilines is 1. The summed E-state index contributed by atoms with van der Waals surface area (Å²) < 4.78 is 38.1. The van der Waals surface area contributed by atoms with E-state index in [0.717, 1.165) is 12.1 Å². The van der Waals surface area contributed by atoms with Gasteiger partial charge in [0.05, 0.1) is 13.7 Å². The minimum Gasteiger partial charge on any atom is -0.493 e. The van der Waals surface area contributed by atoms with Crippen LogP contribution in [0.15, 0.2) is 42.5 Å². The molecule has 30 heavy (non-hydrogen) atoms. The van der Waals surface area contributed by atoms with Crippen LogP contribution in [0.2, 0.25) is 0 Å². The maximum atomic E-state index is 13.7. The van der Waals surface area contributed by atoms with Crippen LogP contribution < -0.4 is 14.8 Å². The molecule has 2 aromatic carbocycles. The van der Waals surface area contributed by atoms with Crippen molar-refractivity contribution in [3.8, 4) is 11.5 Å². The summed E-state index contributed by atoms with van der Waals surface area (Å²) in [5.74, 6) is -1.77. The summed E-state index contributed by atoms with van der Waals surface area (Å²) in [6.07, 6.45) is 2.90. The lowest BCUT2D eigenvalue weighted by molar-refractivity contribution is -0.130. The number of nitrogens with zero attached hydrogens (tertiary/aromatic N) is 1. The van der Waals surface area contributed by atoms with Gasteiger partial charge in [-0.15, -0.1) is 0 Å². The van der Waals surface area contributed by atoms with Gasteiger partial charge in [0.2, 0.25) is 11.8 Å². The van der Waals surface area contributed by atoms with Crippen LogP contribution in [0.4, 0.5) is 14.5 Å². The fraction of sp³-hybridized carbons (Fsp3) is 0.273. The fourth-order valence-corrected chi connectivity index (χ4v) is 2.65. The largest absolute Gasteiger partial charge is 0.493 e. The Morgan fingerprint density at radius 2 is 1.80 bits per heavy atom. The molecule has 0 fully saturated rings. The molecular weight excluding hydrogens is 394 g/mol. The van der Waals surface area contributed by atoms with Gasteiger partial charge in [-0.3, -0.25) is 9.59 Å². The first-order valence-electron chi connectivity index (χ1n) is 9.41. The average Bonchev–Trinajstić information content (AvgIpc) is 2.73. The molecule has 160 valence electrons. The number of benzene rings is 2. The van der Waals surface area contributed by atoms with Crippen molar-refractivity contribution in [3.63, 3.8) is 0 Å². The second-order valence-corrected chi connectivity index (χ2v) is 6.17. The third-order valence-corrected chi connectivity index (χ3v) is 4.16. The first-order valence-corrected chi connectivity index (χ1v) is 9.41. The van der Waals surface area contributed by atoms with E-state index < -0.39 is 29.1 Å². The third kappa shape index (κ3) is 6.04. The lowest BCUT2D eigenvalue weighted by atomic mass is 10.2. The van der Waals surface area contributed by atoms with E-state index in [1.54, 1.807) is 31.2 Å². The summed E-state index contributed by atoms with van der Waals surface area (Å²) in [5, 5.41) is 2.17. The van der Waals surface area contributed by atoms with E-state index in [-0.39, 0.29) is 13.1 Å². The highest BCUT2D eigenvalue weighted by Gasteiger charge is 2.17. The fourth-order valence-electron chi connectivity index (χ4n) is 2.65. The molecule has 2 aromatic rings. The molecular formula is C22H24F2N2O4. The van der Waals surface area contributed by atoms with Crippen molar-refractivity contribution in [2.45, 2.75) is 13.8 Å². The molecule has 0 bridgehead atoms. The number of methoxy groups -OCH3 is 1. The molecule has 8 heteroatoms. The first kappa shape index (κ1) is 22.9. The number of likely N-dealkylation sites (N-methyl/N-ethyl adjacent to an activating group) is 1. The molecule has 0 saturated carbocycles. The number of ether oxygens (including phenoxy) is 2. The van der Waals surface area contributed by atoms with E-state index in [1.165, 1.54) is 24.2 Å². The van der Waals surface area contributed by atoms with Gasteiger partial charge in [0.15, 0.2) is 11.5 Å². The number of carbonyl (C=O) groups is 2. The number of halogens is 2. The number of para-hydroxylation sites is 1. The summed E-state index contributed by atoms with van der Waals surface area (Å²) in [5.41, 5.74) is 0.167. The van der Waals surface area contributed by atoms with Gasteiger partial charge in [0.25, 0.3) is 0 Å². The Labute approximate surface area is 174 Å². The van der Waals surface area contributed by atoms with Crippen molar-refractivity contribution in [3.05, 3.63) is 59.7 Å². The topological polar surface area (TPSA) is 67.9 Å². The van der Waals surface area contributed by atoms with Gasteiger partial charge in [-0.1, -0.05) is 12.1 Å². The van der Waals surface area contributed by atoms with E-state index in [1.807, 2.05) is 6.92 Å². The molecule has 2 rings (SSSR count). The maximum Gasteiger partial charge on any atom is 0.247 e. The molecule has 6 nitrogen and oxygen atoms in total. The Morgan fingerprint density at radius 1 is 1.10 bits per heavy atom. The summed E-state index contributed by atoms with van der Waals surface area (Å²) in [6, 6.07) is 8.49. The smallest absolute Gasteiger partial charge is 0.247 e. The van der Waals surface area contributed by atoms with Crippen LogP contribution in [0, 0.1) is 11.6 Å². The predicted molar refractivity (Wildman–Crippen MR) is 110 cm³/mol. The first-order chi connectivity index (χ1) is 14.4. The summed E-state index contributed by atoms with van der Waals surface area (Å²) >= 11 is 0. The van der Waals surface area contributed by atoms with E-state index in [0.29, 0.717) is 23.7 Å². The number of nitrogens with one attached hydrogen (secondary N) is 1. The summed E-state index contributed by atoms with van der Waals surface area (Å²) in [6.45, 7) is 3.95. The van der Waals surface area contributed by atoms with Gasteiger partial charge < -0.3 is 19.7 Å². The monoisotopic (exact) mass is 418 g/mol. The average molecular weight is 418 g/mol. The zero-order valence-corrected chi connectivity index (χ0v) is 17.1. The van der Waals surface area contributed by atoms with E-state index >= 15 is 0 Å². The van der Waals surface area contributed by atoms with Crippen LogP contribution in [0.5, 0.6) is 11.5 Å². The Balaban J connectivity index is 2.04. The number of hydrogen-bond acceptors (Lipinski definition) is 4. The molecule has 0 heterocycles. The van der Waals surface area contributed by atoms with Crippen molar-refractivity contribution in [2.24, 2.45) is 0 Å². The van der Waals surface area contributed by atoms with Gasteiger partial charge in [-0.2, -0.15) is 0 Å². The zero-order chi connectivity index (χ0) is 22.1. The highest BCUT2D eigenvalue weighted by molar-refractivity contribution is 5.98. The molecule has 2 amide bonds. The number of rotatable bonds is 9. The van der Waals surface area contributed by atoms with Crippen molar-refractivity contribution >= 4 is 23.6 Å². The van der Waals surface area contributed by atoms with Crippen molar-refractivity contribution in [1.82, 2.24) is 4.90 Å². The van der Waals surface area contributed by atoms with Crippen LogP contribution in [-0.4, -0.2) is 43.5 Å². The molecule has 0 spiro atoms. The van der Waals surface area contributed by atoms with Gasteiger partial charge >= 0.3 is 0 Å². The van der Waals surface area contributed by atoms with Gasteiger partial charge in [-0.05, 0) is 49.8 Å². The third-order valence-electron chi connectivity index (χ3n) is 4.16. The summed E-state index contributed by atoms with van der Waals surface area (Å²) in [7, 11) is 1.52. The predicted octanol–water partition coefficient (Wildman–Crippen LogP) is 3.87. The molecule has 0 aliphatic heterocycles. The molecule has 0 unspecified atom stereocenters. The lowest BCUT2D eigenvalue weighted by Crippen LogP contribution is -2.37. The minimum absolute atomic E-state index is 0.239. The van der Waals surface area contributed by atoms with E-state index in [9.17, 15) is 18.4 Å². The number of amides is 2. The Morgan fingerprint density at radius 3 is 2.40 bits per heavy atom. The summed E-state index contributed by atoms with van der Waals surface area (Å²) in [4.78, 5) is 25.8. The van der Waals surface area contributed by atoms with E-state index in [4.69, 9.17) is 9.47 Å². The highest BCUT2D eigenvalue weighted by atomic mass is 19.1. The zero-order valence-electron chi connectivity index (χ0n) is 17.1. The van der Waals surface area contributed by atoms with Gasteiger partial charge in [-0.25, -0.2) is 8.78 Å². The standard InChI is InChI=1S/C22H24F2N2O4/c1-4-26(14-20(27)25-22-16(23)7-6-8-17(22)24)21(28)12-10-15-9-11-18(30-5-2)19(13-15)29-3/h6-13H,4-5,14H2,1-3H3,(H,25,27). The molecule has 0 radical (unpaired) electrons. The second kappa shape index (κ2) is 10.9. The quantitative estimate of drug-likeness (QED) is 0.628. The Hall–Kier alpha value is -3.42. The van der Waals surface area contributed by atoms with Crippen LogP contribution in [0.25, 0.3) is 6.08 Å². The molecule has 0 atom stereocenters. The van der Waals surface area contributed by atoms with Gasteiger partial charge in [0.1, 0.15) is 23.9 Å². The SMILES string of the molecule is CCOc1ccc(C=CC(=O)N(CC)CC(=O)Nc2c(F)cccc2F)cc1OC. The molecule has 0 aromatic heterocycles. The molecule has 0 saturated heterocycles. The Kier molecular flexibility index (Phi) is 8.34. The lowest BCUT2D eigenvalue weighted by Gasteiger charge is -2.19. The van der Waals surface area contributed by atoms with Crippen molar-refractivity contribution < 1.29 is 27.8 Å². The Bertz CT molecular complexity index is 911. The number of hydrogen-bond donors (Lipinski definition) is 1. The second-order valence-electron chi connectivity index (χ2n) is 6.17. The highest BCUT2D eigenvalue weighted by Crippen LogP contribution is 2.28. The van der Waals surface area contributed by atoms with Gasteiger partial charge in [0, 0.05) is 12.6 Å². The molecule has 0 aliphatic carbocycles. The normalized spacial score (nSPS) is 10.7. The van der Waals surface area contributed by atoms with Crippen LogP contribution in [0.3, 0.4) is 0 Å². The van der Waals surface area contributed by atoms with E-state index in [2.05, 4.69) is 5.32 Å². The number of carbonyl (C=O) groups excluding carboxylic acids is 2. The maximum absolute atomic E-state index is 13.7. The molecule has 0 aliphatic rings. The van der Waals surface area contributed by atoms with Crippen molar-refractivity contribution in [1.29, 1.82) is 0 Å².